The maximum atomic E-state index is 12.9. The first-order chi connectivity index (χ1) is 16.1. The van der Waals surface area contributed by atoms with Gasteiger partial charge in [-0.1, -0.05) is 56.7 Å². The second-order valence-electron chi connectivity index (χ2n) is 9.45. The Kier molecular flexibility index (Phi) is 7.87. The largest absolute Gasteiger partial charge is 0.364 e. The van der Waals surface area contributed by atoms with Crippen molar-refractivity contribution in [2.75, 3.05) is 37.6 Å². The summed E-state index contributed by atoms with van der Waals surface area (Å²) in [6.45, 7) is 13.9. The molecule has 33 heavy (non-hydrogen) atoms. The van der Waals surface area contributed by atoms with Gasteiger partial charge in [0.25, 0.3) is 5.91 Å². The predicted molar refractivity (Wildman–Crippen MR) is 139 cm³/mol. The van der Waals surface area contributed by atoms with E-state index >= 15 is 0 Å². The van der Waals surface area contributed by atoms with Crippen LogP contribution >= 0.6 is 0 Å². The predicted octanol–water partition coefficient (Wildman–Crippen LogP) is 5.91. The lowest BCUT2D eigenvalue weighted by atomic mass is 9.76. The SMILES string of the molecule is C=C1c2cc(C(=O)NCCN3CCCC3)ccc2N(CC)C(c2ccccc2)C1CCCC. The van der Waals surface area contributed by atoms with Crippen LogP contribution in [0.2, 0.25) is 0 Å². The van der Waals surface area contributed by atoms with Crippen LogP contribution in [0.5, 0.6) is 0 Å². The summed E-state index contributed by atoms with van der Waals surface area (Å²) in [5.74, 6) is 0.358. The molecule has 1 amide bonds. The van der Waals surface area contributed by atoms with Gasteiger partial charge in [0.15, 0.2) is 0 Å². The van der Waals surface area contributed by atoms with Crippen molar-refractivity contribution in [2.24, 2.45) is 5.92 Å². The summed E-state index contributed by atoms with van der Waals surface area (Å²) in [6.07, 6.45) is 6.01. The first-order valence-corrected chi connectivity index (χ1v) is 12.8. The van der Waals surface area contributed by atoms with Crippen molar-refractivity contribution in [1.29, 1.82) is 0 Å². The molecule has 2 heterocycles. The van der Waals surface area contributed by atoms with E-state index in [2.05, 4.69) is 78.0 Å². The van der Waals surface area contributed by atoms with Crippen molar-refractivity contribution in [1.82, 2.24) is 10.2 Å². The number of rotatable bonds is 9. The van der Waals surface area contributed by atoms with Gasteiger partial charge >= 0.3 is 0 Å². The first kappa shape index (κ1) is 23.6. The molecule has 176 valence electrons. The number of nitrogens with one attached hydrogen (secondary N) is 1. The Hall–Kier alpha value is -2.59. The molecule has 1 fully saturated rings. The van der Waals surface area contributed by atoms with E-state index in [0.717, 1.165) is 43.7 Å². The molecule has 0 bridgehead atoms. The zero-order valence-electron chi connectivity index (χ0n) is 20.4. The van der Waals surface area contributed by atoms with E-state index < -0.39 is 0 Å². The lowest BCUT2D eigenvalue weighted by Gasteiger charge is -2.45. The summed E-state index contributed by atoms with van der Waals surface area (Å²) < 4.78 is 0. The van der Waals surface area contributed by atoms with Crippen LogP contribution in [-0.2, 0) is 0 Å². The standard InChI is InChI=1S/C29H39N3O/c1-4-6-14-25-22(3)26-21-24(29(33)30-17-20-31-18-10-11-19-31)15-16-27(26)32(5-2)28(25)23-12-8-7-9-13-23/h7-9,12-13,15-16,21,25,28H,3-6,10-11,14,17-20H2,1-2H3,(H,30,33). The molecule has 2 atom stereocenters. The topological polar surface area (TPSA) is 35.6 Å². The van der Waals surface area contributed by atoms with E-state index in [-0.39, 0.29) is 11.9 Å². The summed E-state index contributed by atoms with van der Waals surface area (Å²) in [4.78, 5) is 17.9. The molecule has 0 saturated carbocycles. The molecule has 2 unspecified atom stereocenters. The van der Waals surface area contributed by atoms with Gasteiger partial charge in [-0.2, -0.15) is 0 Å². The Morgan fingerprint density at radius 3 is 2.55 bits per heavy atom. The number of likely N-dealkylation sites (tertiary alicyclic amines) is 1. The maximum Gasteiger partial charge on any atom is 0.251 e. The average molecular weight is 446 g/mol. The van der Waals surface area contributed by atoms with Gasteiger partial charge in [-0.15, -0.1) is 0 Å². The van der Waals surface area contributed by atoms with E-state index in [9.17, 15) is 4.79 Å². The number of fused-ring (bicyclic) bond motifs is 1. The lowest BCUT2D eigenvalue weighted by Crippen LogP contribution is -2.38. The van der Waals surface area contributed by atoms with Crippen molar-refractivity contribution in [3.05, 3.63) is 71.8 Å². The van der Waals surface area contributed by atoms with E-state index in [1.165, 1.54) is 42.5 Å². The van der Waals surface area contributed by atoms with Crippen LogP contribution in [0.25, 0.3) is 5.57 Å². The van der Waals surface area contributed by atoms with Crippen LogP contribution in [0.4, 0.5) is 5.69 Å². The highest BCUT2D eigenvalue weighted by Crippen LogP contribution is 2.49. The third-order valence-corrected chi connectivity index (χ3v) is 7.34. The Morgan fingerprint density at radius 1 is 1.09 bits per heavy atom. The van der Waals surface area contributed by atoms with Crippen LogP contribution in [0, 0.1) is 5.92 Å². The molecule has 1 saturated heterocycles. The highest BCUT2D eigenvalue weighted by Gasteiger charge is 2.37. The average Bonchev–Trinajstić information content (AvgIpc) is 3.37. The van der Waals surface area contributed by atoms with E-state index in [1.54, 1.807) is 0 Å². The fourth-order valence-electron chi connectivity index (χ4n) is 5.56. The minimum atomic E-state index is 0.0168. The van der Waals surface area contributed by atoms with Crippen molar-refractivity contribution < 1.29 is 4.79 Å². The number of anilines is 1. The van der Waals surface area contributed by atoms with E-state index in [4.69, 9.17) is 0 Å². The van der Waals surface area contributed by atoms with E-state index in [1.807, 2.05) is 6.07 Å². The molecule has 1 N–H and O–H groups in total. The molecule has 4 heteroatoms. The van der Waals surface area contributed by atoms with Gasteiger partial charge in [-0.3, -0.25) is 4.79 Å². The summed E-state index contributed by atoms with van der Waals surface area (Å²) in [5.41, 5.74) is 5.58. The minimum absolute atomic E-state index is 0.0168. The fraction of sp³-hybridized carbons (Fsp3) is 0.483. The quantitative estimate of drug-likeness (QED) is 0.521. The summed E-state index contributed by atoms with van der Waals surface area (Å²) in [7, 11) is 0. The molecule has 0 aliphatic carbocycles. The van der Waals surface area contributed by atoms with Gasteiger partial charge in [0, 0.05) is 42.4 Å². The van der Waals surface area contributed by atoms with Gasteiger partial charge in [-0.25, -0.2) is 0 Å². The van der Waals surface area contributed by atoms with Crippen LogP contribution in [-0.4, -0.2) is 43.5 Å². The molecule has 0 aromatic heterocycles. The van der Waals surface area contributed by atoms with Gasteiger partial charge in [0.2, 0.25) is 0 Å². The van der Waals surface area contributed by atoms with Crippen LogP contribution in [0.3, 0.4) is 0 Å². The number of nitrogens with zero attached hydrogens (tertiary/aromatic N) is 2. The molecule has 2 aromatic rings. The van der Waals surface area contributed by atoms with Crippen LogP contribution in [0.1, 0.15) is 73.5 Å². The normalized spacial score (nSPS) is 20.7. The van der Waals surface area contributed by atoms with Crippen molar-refractivity contribution in [3.63, 3.8) is 0 Å². The Labute approximate surface area is 199 Å². The van der Waals surface area contributed by atoms with Gasteiger partial charge in [-0.05, 0) is 68.6 Å². The molecule has 2 aliphatic rings. The summed E-state index contributed by atoms with van der Waals surface area (Å²) in [6, 6.07) is 17.3. The Morgan fingerprint density at radius 2 is 1.85 bits per heavy atom. The van der Waals surface area contributed by atoms with Gasteiger partial charge in [0.05, 0.1) is 6.04 Å². The number of hydrogen-bond acceptors (Lipinski definition) is 3. The molecule has 4 nitrogen and oxygen atoms in total. The molecule has 4 rings (SSSR count). The zero-order chi connectivity index (χ0) is 23.2. The van der Waals surface area contributed by atoms with Gasteiger partial charge < -0.3 is 15.1 Å². The highest BCUT2D eigenvalue weighted by atomic mass is 16.1. The Bertz CT molecular complexity index is 949. The maximum absolute atomic E-state index is 12.9. The number of carbonyl (C=O) groups excluding carboxylic acids is 1. The first-order valence-electron chi connectivity index (χ1n) is 12.8. The third kappa shape index (κ3) is 5.16. The fourth-order valence-corrected chi connectivity index (χ4v) is 5.56. The van der Waals surface area contributed by atoms with Gasteiger partial charge in [0.1, 0.15) is 0 Å². The molecular weight excluding hydrogens is 406 g/mol. The molecule has 2 aliphatic heterocycles. The summed E-state index contributed by atoms with van der Waals surface area (Å²) in [5, 5.41) is 3.13. The summed E-state index contributed by atoms with van der Waals surface area (Å²) >= 11 is 0. The number of amides is 1. The Balaban J connectivity index is 1.59. The lowest BCUT2D eigenvalue weighted by molar-refractivity contribution is 0.0949. The number of benzene rings is 2. The minimum Gasteiger partial charge on any atom is -0.364 e. The smallest absolute Gasteiger partial charge is 0.251 e. The van der Waals surface area contributed by atoms with E-state index in [0.29, 0.717) is 12.5 Å². The molecule has 2 aromatic carbocycles. The monoisotopic (exact) mass is 445 g/mol. The van der Waals surface area contributed by atoms with Crippen molar-refractivity contribution in [2.45, 2.75) is 52.0 Å². The highest BCUT2D eigenvalue weighted by molar-refractivity contribution is 5.96. The number of carbonyl (C=O) groups is 1. The van der Waals surface area contributed by atoms with Crippen LogP contribution < -0.4 is 10.2 Å². The zero-order valence-corrected chi connectivity index (χ0v) is 20.4. The third-order valence-electron chi connectivity index (χ3n) is 7.34. The van der Waals surface area contributed by atoms with Crippen LogP contribution in [0.15, 0.2) is 55.1 Å². The number of hydrogen-bond donors (Lipinski definition) is 1. The number of unbranched alkanes of at least 4 members (excludes halogenated alkanes) is 1. The second kappa shape index (κ2) is 11.0. The van der Waals surface area contributed by atoms with Crippen molar-refractivity contribution >= 4 is 17.2 Å². The molecule has 0 radical (unpaired) electrons. The second-order valence-corrected chi connectivity index (χ2v) is 9.45. The molecular formula is C29H39N3O. The molecule has 0 spiro atoms. The van der Waals surface area contributed by atoms with Crippen molar-refractivity contribution in [3.8, 4) is 0 Å².